The summed E-state index contributed by atoms with van der Waals surface area (Å²) in [6.07, 6.45) is 1.96. The average molecular weight is 260 g/mol. The first-order valence-electron chi connectivity index (χ1n) is 7.35. The summed E-state index contributed by atoms with van der Waals surface area (Å²) in [6, 6.07) is 0.455. The second-order valence-electron chi connectivity index (χ2n) is 4.79. The molecule has 0 amide bonds. The van der Waals surface area contributed by atoms with Gasteiger partial charge in [0.15, 0.2) is 0 Å². The van der Waals surface area contributed by atoms with Crippen molar-refractivity contribution in [3.8, 4) is 0 Å². The topological polar surface area (TPSA) is 44.7 Å². The smallest absolute Gasteiger partial charge is 0.0897 e. The van der Waals surface area contributed by atoms with Crippen molar-refractivity contribution < 1.29 is 9.84 Å². The Labute approximate surface area is 113 Å². The van der Waals surface area contributed by atoms with Crippen LogP contribution in [-0.4, -0.2) is 61.5 Å². The van der Waals surface area contributed by atoms with Crippen LogP contribution in [0, 0.1) is 0 Å². The standard InChI is InChI=1S/C14H32N2O2/c1-5-16(6-2)10-8-9-13(4)15-11-14(17)12-18-7-3/h13-15,17H,5-12H2,1-4H3. The maximum Gasteiger partial charge on any atom is 0.0897 e. The Balaban J connectivity index is 3.50. The van der Waals surface area contributed by atoms with Crippen molar-refractivity contribution in [2.45, 2.75) is 52.7 Å². The summed E-state index contributed by atoms with van der Waals surface area (Å²) >= 11 is 0. The molecule has 0 aliphatic heterocycles. The molecular formula is C14H32N2O2. The zero-order valence-electron chi connectivity index (χ0n) is 12.6. The second-order valence-corrected chi connectivity index (χ2v) is 4.79. The number of hydrogen-bond acceptors (Lipinski definition) is 4. The van der Waals surface area contributed by atoms with E-state index in [1.165, 1.54) is 13.0 Å². The van der Waals surface area contributed by atoms with Crippen molar-refractivity contribution in [2.24, 2.45) is 0 Å². The van der Waals surface area contributed by atoms with Crippen LogP contribution in [0.1, 0.15) is 40.5 Å². The van der Waals surface area contributed by atoms with Gasteiger partial charge in [0.1, 0.15) is 0 Å². The van der Waals surface area contributed by atoms with E-state index in [2.05, 4.69) is 31.0 Å². The van der Waals surface area contributed by atoms with Crippen LogP contribution in [0.2, 0.25) is 0 Å². The highest BCUT2D eigenvalue weighted by Crippen LogP contribution is 1.99. The van der Waals surface area contributed by atoms with E-state index in [0.29, 0.717) is 25.8 Å². The van der Waals surface area contributed by atoms with Gasteiger partial charge < -0.3 is 20.1 Å². The van der Waals surface area contributed by atoms with E-state index >= 15 is 0 Å². The lowest BCUT2D eigenvalue weighted by Crippen LogP contribution is -2.36. The van der Waals surface area contributed by atoms with E-state index in [-0.39, 0.29) is 0 Å². The molecule has 0 spiro atoms. The van der Waals surface area contributed by atoms with Crippen molar-refractivity contribution in [2.75, 3.05) is 39.4 Å². The lowest BCUT2D eigenvalue weighted by molar-refractivity contribution is 0.0415. The van der Waals surface area contributed by atoms with Crippen LogP contribution in [0.15, 0.2) is 0 Å². The molecule has 0 aromatic rings. The maximum absolute atomic E-state index is 9.62. The van der Waals surface area contributed by atoms with Crippen molar-refractivity contribution in [1.29, 1.82) is 0 Å². The number of ether oxygens (including phenoxy) is 1. The molecule has 4 heteroatoms. The molecule has 0 aromatic heterocycles. The van der Waals surface area contributed by atoms with Gasteiger partial charge in [-0.15, -0.1) is 0 Å². The van der Waals surface area contributed by atoms with Gasteiger partial charge in [-0.3, -0.25) is 0 Å². The summed E-state index contributed by atoms with van der Waals surface area (Å²) in [5, 5.41) is 13.0. The van der Waals surface area contributed by atoms with Gasteiger partial charge >= 0.3 is 0 Å². The van der Waals surface area contributed by atoms with Crippen molar-refractivity contribution in [1.82, 2.24) is 10.2 Å². The molecule has 0 bridgehead atoms. The molecule has 0 heterocycles. The van der Waals surface area contributed by atoms with Gasteiger partial charge in [-0.05, 0) is 46.3 Å². The molecule has 0 aromatic carbocycles. The van der Waals surface area contributed by atoms with E-state index in [9.17, 15) is 5.11 Å². The molecule has 0 aliphatic carbocycles. The Morgan fingerprint density at radius 3 is 2.44 bits per heavy atom. The Bertz CT molecular complexity index is 175. The molecule has 0 saturated heterocycles. The number of nitrogens with zero attached hydrogens (tertiary/aromatic N) is 1. The molecule has 4 nitrogen and oxygen atoms in total. The normalized spacial score (nSPS) is 15.0. The third-order valence-electron chi connectivity index (χ3n) is 3.22. The molecule has 0 saturated carbocycles. The van der Waals surface area contributed by atoms with Crippen LogP contribution >= 0.6 is 0 Å². The summed E-state index contributed by atoms with van der Waals surface area (Å²) in [7, 11) is 0. The summed E-state index contributed by atoms with van der Waals surface area (Å²) in [6.45, 7) is 13.7. The highest BCUT2D eigenvalue weighted by atomic mass is 16.5. The number of rotatable bonds is 12. The van der Waals surface area contributed by atoms with Crippen LogP contribution in [0.4, 0.5) is 0 Å². The average Bonchev–Trinajstić information content (AvgIpc) is 2.39. The summed E-state index contributed by atoms with van der Waals surface area (Å²) < 4.78 is 5.17. The molecule has 110 valence electrons. The third-order valence-corrected chi connectivity index (χ3v) is 3.22. The Hall–Kier alpha value is -0.160. The zero-order valence-corrected chi connectivity index (χ0v) is 12.6. The van der Waals surface area contributed by atoms with Crippen LogP contribution < -0.4 is 5.32 Å². The molecule has 2 N–H and O–H groups in total. The van der Waals surface area contributed by atoms with Crippen LogP contribution in [0.25, 0.3) is 0 Å². The quantitative estimate of drug-likeness (QED) is 0.558. The highest BCUT2D eigenvalue weighted by Gasteiger charge is 2.07. The summed E-state index contributed by atoms with van der Waals surface area (Å²) in [5.74, 6) is 0. The fourth-order valence-electron chi connectivity index (χ4n) is 1.91. The fourth-order valence-corrected chi connectivity index (χ4v) is 1.91. The maximum atomic E-state index is 9.62. The van der Waals surface area contributed by atoms with Gasteiger partial charge in [0.2, 0.25) is 0 Å². The van der Waals surface area contributed by atoms with E-state index in [4.69, 9.17) is 4.74 Å². The Morgan fingerprint density at radius 1 is 1.22 bits per heavy atom. The largest absolute Gasteiger partial charge is 0.389 e. The fraction of sp³-hybridized carbons (Fsp3) is 1.00. The van der Waals surface area contributed by atoms with Crippen molar-refractivity contribution in [3.63, 3.8) is 0 Å². The summed E-state index contributed by atoms with van der Waals surface area (Å²) in [4.78, 5) is 2.44. The first-order valence-corrected chi connectivity index (χ1v) is 7.35. The number of hydrogen-bond donors (Lipinski definition) is 2. The lowest BCUT2D eigenvalue weighted by Gasteiger charge is -2.20. The first kappa shape index (κ1) is 17.8. The molecule has 0 rings (SSSR count). The second kappa shape index (κ2) is 11.9. The molecule has 2 atom stereocenters. The van der Waals surface area contributed by atoms with Gasteiger partial charge in [0.05, 0.1) is 12.7 Å². The Kier molecular flexibility index (Phi) is 11.8. The van der Waals surface area contributed by atoms with Crippen LogP contribution in [0.5, 0.6) is 0 Å². The minimum atomic E-state index is -0.393. The molecule has 0 fully saturated rings. The molecule has 2 unspecified atom stereocenters. The van der Waals surface area contributed by atoms with Crippen molar-refractivity contribution in [3.05, 3.63) is 0 Å². The van der Waals surface area contributed by atoms with Crippen LogP contribution in [-0.2, 0) is 4.74 Å². The minimum absolute atomic E-state index is 0.393. The van der Waals surface area contributed by atoms with Gasteiger partial charge in [-0.1, -0.05) is 13.8 Å². The predicted octanol–water partition coefficient (Wildman–Crippen LogP) is 1.48. The molecule has 0 aliphatic rings. The molecular weight excluding hydrogens is 228 g/mol. The molecule has 0 radical (unpaired) electrons. The zero-order chi connectivity index (χ0) is 13.8. The number of aliphatic hydroxyl groups excluding tert-OH is 1. The Morgan fingerprint density at radius 2 is 1.89 bits per heavy atom. The summed E-state index contributed by atoms with van der Waals surface area (Å²) in [5.41, 5.74) is 0. The lowest BCUT2D eigenvalue weighted by atomic mass is 10.1. The van der Waals surface area contributed by atoms with E-state index < -0.39 is 6.10 Å². The van der Waals surface area contributed by atoms with Gasteiger partial charge in [-0.25, -0.2) is 0 Å². The number of aliphatic hydroxyl groups is 1. The van der Waals surface area contributed by atoms with Gasteiger partial charge in [-0.2, -0.15) is 0 Å². The SMILES string of the molecule is CCOCC(O)CNC(C)CCCN(CC)CC. The van der Waals surface area contributed by atoms with Crippen molar-refractivity contribution >= 4 is 0 Å². The van der Waals surface area contributed by atoms with Gasteiger partial charge in [0, 0.05) is 19.2 Å². The predicted molar refractivity (Wildman–Crippen MR) is 77.0 cm³/mol. The monoisotopic (exact) mass is 260 g/mol. The van der Waals surface area contributed by atoms with Crippen LogP contribution in [0.3, 0.4) is 0 Å². The van der Waals surface area contributed by atoms with E-state index in [1.807, 2.05) is 6.92 Å². The third kappa shape index (κ3) is 9.83. The van der Waals surface area contributed by atoms with Gasteiger partial charge in [0.25, 0.3) is 0 Å². The van der Waals surface area contributed by atoms with E-state index in [1.54, 1.807) is 0 Å². The number of nitrogens with one attached hydrogen (secondary N) is 1. The van der Waals surface area contributed by atoms with E-state index in [0.717, 1.165) is 19.5 Å². The highest BCUT2D eigenvalue weighted by molar-refractivity contribution is 4.66. The first-order chi connectivity index (χ1) is 8.63. The minimum Gasteiger partial charge on any atom is -0.389 e. The molecule has 18 heavy (non-hydrogen) atoms.